The maximum atomic E-state index is 13.0. The quantitative estimate of drug-likeness (QED) is 0.753. The van der Waals surface area contributed by atoms with Gasteiger partial charge in [-0.2, -0.15) is 0 Å². The van der Waals surface area contributed by atoms with Gasteiger partial charge in [-0.15, -0.1) is 0 Å². The van der Waals surface area contributed by atoms with Crippen LogP contribution in [-0.4, -0.2) is 27.1 Å². The van der Waals surface area contributed by atoms with Crippen molar-refractivity contribution in [1.82, 2.24) is 14.1 Å². The van der Waals surface area contributed by atoms with Crippen molar-refractivity contribution in [2.24, 2.45) is 0 Å². The van der Waals surface area contributed by atoms with Gasteiger partial charge >= 0.3 is 5.69 Å². The normalized spacial score (nSPS) is 14.6. The molecule has 0 aliphatic heterocycles. The first-order valence-electron chi connectivity index (χ1n) is 9.17. The summed E-state index contributed by atoms with van der Waals surface area (Å²) in [7, 11) is 1.59. The van der Waals surface area contributed by atoms with Gasteiger partial charge in [0, 0.05) is 17.9 Å². The minimum atomic E-state index is -0.253. The third-order valence-electron chi connectivity index (χ3n) is 5.09. The largest absolute Gasteiger partial charge is 0.497 e. The second kappa shape index (κ2) is 7.26. The van der Waals surface area contributed by atoms with Gasteiger partial charge in [0.25, 0.3) is 0 Å². The van der Waals surface area contributed by atoms with Crippen LogP contribution in [0.15, 0.2) is 47.4 Å². The average Bonchev–Trinajstić information content (AvgIpc) is 3.29. The standard InChI is InChI=1S/C20H22N4O3/c1-27-16-10-8-14(9-11-16)22-18(25)13-23-17-7-4-12-21-19(17)24(20(23)26)15-5-2-3-6-15/h4,7-12,15H,2-3,5-6,13H2,1H3,(H,22,25). The minimum Gasteiger partial charge on any atom is -0.497 e. The predicted molar refractivity (Wildman–Crippen MR) is 103 cm³/mol. The Morgan fingerprint density at radius 1 is 1.22 bits per heavy atom. The van der Waals surface area contributed by atoms with Crippen LogP contribution in [0.1, 0.15) is 31.7 Å². The number of hydrogen-bond acceptors (Lipinski definition) is 4. The van der Waals surface area contributed by atoms with Crippen molar-refractivity contribution in [3.8, 4) is 5.75 Å². The molecule has 140 valence electrons. The number of carbonyl (C=O) groups is 1. The number of imidazole rings is 1. The summed E-state index contributed by atoms with van der Waals surface area (Å²) >= 11 is 0. The lowest BCUT2D eigenvalue weighted by atomic mass is 10.2. The highest BCUT2D eigenvalue weighted by Gasteiger charge is 2.24. The number of fused-ring (bicyclic) bond motifs is 1. The number of methoxy groups -OCH3 is 1. The van der Waals surface area contributed by atoms with E-state index in [2.05, 4.69) is 10.3 Å². The Labute approximate surface area is 156 Å². The molecule has 3 aromatic rings. The van der Waals surface area contributed by atoms with E-state index < -0.39 is 0 Å². The summed E-state index contributed by atoms with van der Waals surface area (Å²) in [5, 5.41) is 2.83. The van der Waals surface area contributed by atoms with Crippen molar-refractivity contribution in [3.63, 3.8) is 0 Å². The van der Waals surface area contributed by atoms with Gasteiger partial charge < -0.3 is 10.1 Å². The zero-order valence-corrected chi connectivity index (χ0v) is 15.2. The molecule has 2 heterocycles. The third kappa shape index (κ3) is 3.32. The van der Waals surface area contributed by atoms with Gasteiger partial charge in [-0.1, -0.05) is 12.8 Å². The first-order chi connectivity index (χ1) is 13.2. The lowest BCUT2D eigenvalue weighted by Crippen LogP contribution is -2.30. The summed E-state index contributed by atoms with van der Waals surface area (Å²) in [5.74, 6) is 0.464. The fraction of sp³-hybridized carbons (Fsp3) is 0.350. The molecule has 1 aliphatic rings. The Balaban J connectivity index is 1.62. The number of pyridine rings is 1. The Hall–Kier alpha value is -3.09. The van der Waals surface area contributed by atoms with E-state index in [0.717, 1.165) is 31.4 Å². The number of aromatic nitrogens is 3. The number of anilines is 1. The van der Waals surface area contributed by atoms with E-state index in [4.69, 9.17) is 4.74 Å². The van der Waals surface area contributed by atoms with Crippen molar-refractivity contribution in [2.75, 3.05) is 12.4 Å². The number of carbonyl (C=O) groups excluding carboxylic acids is 1. The Bertz CT molecular complexity index is 1010. The topological polar surface area (TPSA) is 78.1 Å². The molecule has 27 heavy (non-hydrogen) atoms. The SMILES string of the molecule is COc1ccc(NC(=O)Cn2c(=O)n(C3CCCC3)c3ncccc32)cc1. The predicted octanol–water partition coefficient (Wildman–Crippen LogP) is 2.96. The van der Waals surface area contributed by atoms with E-state index in [1.165, 1.54) is 4.57 Å². The summed E-state index contributed by atoms with van der Waals surface area (Å²) in [6.07, 6.45) is 5.89. The van der Waals surface area contributed by atoms with Crippen molar-refractivity contribution >= 4 is 22.8 Å². The zero-order valence-electron chi connectivity index (χ0n) is 15.2. The number of nitrogens with zero attached hydrogens (tertiary/aromatic N) is 3. The monoisotopic (exact) mass is 366 g/mol. The van der Waals surface area contributed by atoms with Crippen LogP contribution in [0, 0.1) is 0 Å². The zero-order chi connectivity index (χ0) is 18.8. The van der Waals surface area contributed by atoms with E-state index >= 15 is 0 Å². The van der Waals surface area contributed by atoms with Crippen molar-refractivity contribution in [3.05, 3.63) is 53.1 Å². The van der Waals surface area contributed by atoms with Crippen LogP contribution in [0.25, 0.3) is 11.2 Å². The highest BCUT2D eigenvalue weighted by Crippen LogP contribution is 2.30. The molecule has 0 atom stereocenters. The third-order valence-corrected chi connectivity index (χ3v) is 5.09. The van der Waals surface area contributed by atoms with E-state index in [-0.39, 0.29) is 24.2 Å². The smallest absolute Gasteiger partial charge is 0.331 e. The van der Waals surface area contributed by atoms with Gasteiger partial charge in [-0.25, -0.2) is 9.78 Å². The summed E-state index contributed by atoms with van der Waals surface area (Å²) in [4.78, 5) is 30.0. The minimum absolute atomic E-state index is 0.0488. The fourth-order valence-electron chi connectivity index (χ4n) is 3.77. The molecule has 0 bridgehead atoms. The second-order valence-electron chi connectivity index (χ2n) is 6.80. The molecule has 7 heteroatoms. The van der Waals surface area contributed by atoms with Gasteiger partial charge in [0.2, 0.25) is 5.91 Å². The van der Waals surface area contributed by atoms with Gasteiger partial charge in [0.05, 0.1) is 12.6 Å². The first-order valence-corrected chi connectivity index (χ1v) is 9.17. The summed E-state index contributed by atoms with van der Waals surface area (Å²) in [6.45, 7) is -0.0488. The van der Waals surface area contributed by atoms with Crippen molar-refractivity contribution < 1.29 is 9.53 Å². The van der Waals surface area contributed by atoms with Gasteiger partial charge in [-0.05, 0) is 49.2 Å². The molecule has 2 aromatic heterocycles. The van der Waals surface area contributed by atoms with Crippen molar-refractivity contribution in [1.29, 1.82) is 0 Å². The van der Waals surface area contributed by atoms with Gasteiger partial charge in [0.15, 0.2) is 5.65 Å². The fourth-order valence-corrected chi connectivity index (χ4v) is 3.77. The molecule has 1 aliphatic carbocycles. The molecule has 1 N–H and O–H groups in total. The van der Waals surface area contributed by atoms with Gasteiger partial charge in [-0.3, -0.25) is 13.9 Å². The summed E-state index contributed by atoms with van der Waals surface area (Å²) in [6, 6.07) is 10.9. The Morgan fingerprint density at radius 3 is 2.67 bits per heavy atom. The second-order valence-corrected chi connectivity index (χ2v) is 6.80. The number of rotatable bonds is 5. The number of amides is 1. The Morgan fingerprint density at radius 2 is 1.96 bits per heavy atom. The maximum absolute atomic E-state index is 13.0. The van der Waals surface area contributed by atoms with Crippen LogP contribution in [0.4, 0.5) is 5.69 Å². The maximum Gasteiger partial charge on any atom is 0.331 e. The molecule has 1 aromatic carbocycles. The van der Waals surface area contributed by atoms with E-state index in [0.29, 0.717) is 16.9 Å². The molecule has 0 unspecified atom stereocenters. The Kier molecular flexibility index (Phi) is 4.66. The summed E-state index contributed by atoms with van der Waals surface area (Å²) < 4.78 is 8.40. The lowest BCUT2D eigenvalue weighted by molar-refractivity contribution is -0.116. The van der Waals surface area contributed by atoms with Crippen LogP contribution in [0.3, 0.4) is 0 Å². The molecule has 4 rings (SSSR count). The molecule has 1 saturated carbocycles. The molecule has 7 nitrogen and oxygen atoms in total. The van der Waals surface area contributed by atoms with E-state index in [1.807, 2.05) is 6.07 Å². The molecule has 0 spiro atoms. The number of hydrogen-bond donors (Lipinski definition) is 1. The highest BCUT2D eigenvalue weighted by atomic mass is 16.5. The molecule has 0 saturated heterocycles. The average molecular weight is 366 g/mol. The number of benzene rings is 1. The van der Waals surface area contributed by atoms with Crippen LogP contribution in [0.2, 0.25) is 0 Å². The first kappa shape index (κ1) is 17.3. The van der Waals surface area contributed by atoms with Crippen LogP contribution in [-0.2, 0) is 11.3 Å². The molecule has 1 amide bonds. The van der Waals surface area contributed by atoms with E-state index in [9.17, 15) is 9.59 Å². The number of nitrogens with one attached hydrogen (secondary N) is 1. The molecule has 0 radical (unpaired) electrons. The number of ether oxygens (including phenoxy) is 1. The van der Waals surface area contributed by atoms with Crippen LogP contribution >= 0.6 is 0 Å². The molecular formula is C20H22N4O3. The summed E-state index contributed by atoms with van der Waals surface area (Å²) in [5.41, 5.74) is 1.85. The van der Waals surface area contributed by atoms with E-state index in [1.54, 1.807) is 48.2 Å². The molecular weight excluding hydrogens is 344 g/mol. The van der Waals surface area contributed by atoms with Gasteiger partial charge in [0.1, 0.15) is 12.3 Å². The molecule has 1 fully saturated rings. The van der Waals surface area contributed by atoms with Crippen LogP contribution in [0.5, 0.6) is 5.75 Å². The van der Waals surface area contributed by atoms with Crippen molar-refractivity contribution in [2.45, 2.75) is 38.3 Å². The highest BCUT2D eigenvalue weighted by molar-refractivity contribution is 5.91. The lowest BCUT2D eigenvalue weighted by Gasteiger charge is -2.10. The van der Waals surface area contributed by atoms with Crippen LogP contribution < -0.4 is 15.7 Å².